The summed E-state index contributed by atoms with van der Waals surface area (Å²) in [5.74, 6) is -0.353. The number of hydrogen-bond donors (Lipinski definition) is 1. The van der Waals surface area contributed by atoms with Crippen molar-refractivity contribution in [1.82, 2.24) is 9.62 Å². The molecule has 0 saturated carbocycles. The van der Waals surface area contributed by atoms with E-state index in [9.17, 15) is 13.2 Å². The molecule has 1 amide bonds. The van der Waals surface area contributed by atoms with Crippen molar-refractivity contribution in [3.05, 3.63) is 64.7 Å². The molecule has 1 saturated heterocycles. The maximum Gasteiger partial charge on any atom is 0.253 e. The highest BCUT2D eigenvalue weighted by atomic mass is 35.5. The second kappa shape index (κ2) is 10.4. The van der Waals surface area contributed by atoms with Crippen LogP contribution in [0.25, 0.3) is 0 Å². The third-order valence-electron chi connectivity index (χ3n) is 5.47. The fraction of sp³-hybridized carbons (Fsp3) is 0.435. The first kappa shape index (κ1) is 22.8. The molecule has 1 unspecified atom stereocenters. The minimum absolute atomic E-state index is 0.0698. The Morgan fingerprint density at radius 2 is 1.73 bits per heavy atom. The van der Waals surface area contributed by atoms with Crippen molar-refractivity contribution in [1.29, 1.82) is 0 Å². The van der Waals surface area contributed by atoms with E-state index in [-0.39, 0.29) is 27.4 Å². The van der Waals surface area contributed by atoms with Crippen LogP contribution in [0.3, 0.4) is 0 Å². The van der Waals surface area contributed by atoms with Crippen molar-refractivity contribution in [2.75, 3.05) is 13.1 Å². The summed E-state index contributed by atoms with van der Waals surface area (Å²) in [6.45, 7) is 2.97. The Kier molecular flexibility index (Phi) is 7.92. The van der Waals surface area contributed by atoms with Gasteiger partial charge < -0.3 is 5.32 Å². The predicted octanol–water partition coefficient (Wildman–Crippen LogP) is 4.66. The zero-order valence-corrected chi connectivity index (χ0v) is 18.9. The smallest absolute Gasteiger partial charge is 0.253 e. The molecule has 1 fully saturated rings. The fourth-order valence-corrected chi connectivity index (χ4v) is 5.42. The van der Waals surface area contributed by atoms with Crippen molar-refractivity contribution in [2.24, 2.45) is 0 Å². The molecule has 7 heteroatoms. The number of hydrogen-bond acceptors (Lipinski definition) is 3. The van der Waals surface area contributed by atoms with Crippen LogP contribution in [0.1, 0.15) is 54.9 Å². The quantitative estimate of drug-likeness (QED) is 0.670. The van der Waals surface area contributed by atoms with Crippen LogP contribution < -0.4 is 5.32 Å². The van der Waals surface area contributed by atoms with E-state index in [1.807, 2.05) is 25.1 Å². The molecule has 3 rings (SSSR count). The zero-order chi connectivity index (χ0) is 21.6. The van der Waals surface area contributed by atoms with Crippen LogP contribution in [-0.2, 0) is 16.4 Å². The second-order valence-electron chi connectivity index (χ2n) is 7.86. The lowest BCUT2D eigenvalue weighted by Crippen LogP contribution is -2.34. The third-order valence-corrected chi connectivity index (χ3v) is 7.70. The standard InChI is InChI=1S/C23H29ClN2O3S/c1-18(11-12-19-9-5-4-6-10-19)25-23(27)21-17-20(13-14-22(21)24)30(28,29)26-15-7-2-3-8-16-26/h4-6,9-10,13-14,17-18H,2-3,7-8,11-12,15-16H2,1H3,(H,25,27). The maximum atomic E-state index is 13.1. The summed E-state index contributed by atoms with van der Waals surface area (Å²) in [6, 6.07) is 14.4. The van der Waals surface area contributed by atoms with Gasteiger partial charge in [0.1, 0.15) is 0 Å². The monoisotopic (exact) mass is 448 g/mol. The summed E-state index contributed by atoms with van der Waals surface area (Å²) in [5, 5.41) is 3.19. The summed E-state index contributed by atoms with van der Waals surface area (Å²) in [5.41, 5.74) is 1.40. The topological polar surface area (TPSA) is 66.5 Å². The molecule has 2 aromatic carbocycles. The molecule has 1 aliphatic rings. The van der Waals surface area contributed by atoms with E-state index in [1.54, 1.807) is 0 Å². The van der Waals surface area contributed by atoms with Crippen LogP contribution in [0.4, 0.5) is 0 Å². The lowest BCUT2D eigenvalue weighted by molar-refractivity contribution is 0.0938. The van der Waals surface area contributed by atoms with Gasteiger partial charge in [0, 0.05) is 19.1 Å². The van der Waals surface area contributed by atoms with Gasteiger partial charge in [-0.3, -0.25) is 4.79 Å². The maximum absolute atomic E-state index is 13.1. The number of amides is 1. The Balaban J connectivity index is 1.70. The molecule has 1 atom stereocenters. The number of carbonyl (C=O) groups is 1. The summed E-state index contributed by atoms with van der Waals surface area (Å²) in [6.07, 6.45) is 5.43. The molecule has 162 valence electrons. The van der Waals surface area contributed by atoms with E-state index in [4.69, 9.17) is 11.6 Å². The molecule has 1 heterocycles. The number of benzene rings is 2. The number of halogens is 1. The predicted molar refractivity (Wildman–Crippen MR) is 120 cm³/mol. The molecule has 0 aromatic heterocycles. The number of nitrogens with one attached hydrogen (secondary N) is 1. The summed E-state index contributed by atoms with van der Waals surface area (Å²) in [4.78, 5) is 12.9. The highest BCUT2D eigenvalue weighted by Gasteiger charge is 2.26. The average molecular weight is 449 g/mol. The molecule has 0 aliphatic carbocycles. The number of rotatable bonds is 7. The number of nitrogens with zero attached hydrogens (tertiary/aromatic N) is 1. The Bertz CT molecular complexity index is 956. The van der Waals surface area contributed by atoms with E-state index < -0.39 is 10.0 Å². The van der Waals surface area contributed by atoms with Crippen molar-refractivity contribution in [2.45, 2.75) is 56.4 Å². The first-order valence-electron chi connectivity index (χ1n) is 10.5. The van der Waals surface area contributed by atoms with Gasteiger partial charge in [-0.1, -0.05) is 54.8 Å². The average Bonchev–Trinajstić information content (AvgIpc) is 3.03. The molecule has 1 N–H and O–H groups in total. The Labute approximate surface area is 184 Å². The lowest BCUT2D eigenvalue weighted by atomic mass is 10.1. The van der Waals surface area contributed by atoms with Crippen LogP contribution in [0.5, 0.6) is 0 Å². The molecular formula is C23H29ClN2O3S. The molecule has 0 bridgehead atoms. The zero-order valence-electron chi connectivity index (χ0n) is 17.3. The van der Waals surface area contributed by atoms with Crippen LogP contribution in [0.15, 0.2) is 53.4 Å². The normalized spacial score (nSPS) is 16.6. The largest absolute Gasteiger partial charge is 0.350 e. The van der Waals surface area contributed by atoms with Crippen molar-refractivity contribution >= 4 is 27.5 Å². The van der Waals surface area contributed by atoms with E-state index >= 15 is 0 Å². The number of carbonyl (C=O) groups excluding carboxylic acids is 1. The van der Waals surface area contributed by atoms with E-state index in [2.05, 4.69) is 17.4 Å². The molecule has 5 nitrogen and oxygen atoms in total. The van der Waals surface area contributed by atoms with Gasteiger partial charge in [-0.15, -0.1) is 0 Å². The van der Waals surface area contributed by atoms with Crippen molar-refractivity contribution < 1.29 is 13.2 Å². The lowest BCUT2D eigenvalue weighted by Gasteiger charge is -2.21. The first-order chi connectivity index (χ1) is 14.4. The van der Waals surface area contributed by atoms with E-state index in [1.165, 1.54) is 28.1 Å². The van der Waals surface area contributed by atoms with Gasteiger partial charge in [-0.25, -0.2) is 8.42 Å². The minimum Gasteiger partial charge on any atom is -0.350 e. The molecule has 0 radical (unpaired) electrons. The highest BCUT2D eigenvalue weighted by Crippen LogP contribution is 2.25. The summed E-state index contributed by atoms with van der Waals surface area (Å²) >= 11 is 6.24. The van der Waals surface area contributed by atoms with E-state index in [0.717, 1.165) is 38.5 Å². The van der Waals surface area contributed by atoms with Crippen molar-refractivity contribution in [3.8, 4) is 0 Å². The molecule has 30 heavy (non-hydrogen) atoms. The van der Waals surface area contributed by atoms with Gasteiger partial charge in [0.2, 0.25) is 10.0 Å². The van der Waals surface area contributed by atoms with Gasteiger partial charge in [0.15, 0.2) is 0 Å². The van der Waals surface area contributed by atoms with Gasteiger partial charge in [-0.2, -0.15) is 4.31 Å². The molecular weight excluding hydrogens is 420 g/mol. The number of sulfonamides is 1. The molecule has 1 aliphatic heterocycles. The van der Waals surface area contributed by atoms with Crippen LogP contribution in [0, 0.1) is 0 Å². The van der Waals surface area contributed by atoms with Crippen LogP contribution >= 0.6 is 11.6 Å². The van der Waals surface area contributed by atoms with Crippen molar-refractivity contribution in [3.63, 3.8) is 0 Å². The van der Waals surface area contributed by atoms with Gasteiger partial charge >= 0.3 is 0 Å². The number of aryl methyl sites for hydroxylation is 1. The van der Waals surface area contributed by atoms with Gasteiger partial charge in [-0.05, 0) is 56.4 Å². The van der Waals surface area contributed by atoms with Gasteiger partial charge in [0.25, 0.3) is 5.91 Å². The van der Waals surface area contributed by atoms with Gasteiger partial charge in [0.05, 0.1) is 15.5 Å². The third kappa shape index (κ3) is 5.84. The Morgan fingerprint density at radius 3 is 2.40 bits per heavy atom. The van der Waals surface area contributed by atoms with Crippen LogP contribution in [0.2, 0.25) is 5.02 Å². The molecule has 2 aromatic rings. The Morgan fingerprint density at radius 1 is 1.07 bits per heavy atom. The van der Waals surface area contributed by atoms with Crippen LogP contribution in [-0.4, -0.2) is 37.8 Å². The van der Waals surface area contributed by atoms with E-state index in [0.29, 0.717) is 13.1 Å². The highest BCUT2D eigenvalue weighted by molar-refractivity contribution is 7.89. The molecule has 0 spiro atoms. The SMILES string of the molecule is CC(CCc1ccccc1)NC(=O)c1cc(S(=O)(=O)N2CCCCCC2)ccc1Cl. The minimum atomic E-state index is -3.64. The Hall–Kier alpha value is -1.89. The first-order valence-corrected chi connectivity index (χ1v) is 12.3. The second-order valence-corrected chi connectivity index (χ2v) is 10.2. The fourth-order valence-electron chi connectivity index (χ4n) is 3.67. The summed E-state index contributed by atoms with van der Waals surface area (Å²) in [7, 11) is -3.64. The summed E-state index contributed by atoms with van der Waals surface area (Å²) < 4.78 is 27.6.